The first kappa shape index (κ1) is 13.7. The average Bonchev–Trinajstić information content (AvgIpc) is 2.75. The highest BCUT2D eigenvalue weighted by molar-refractivity contribution is 7.09. The summed E-state index contributed by atoms with van der Waals surface area (Å²) in [5.74, 6) is -0.0427. The number of hydrogen-bond donors (Lipinski definition) is 2. The molecule has 0 aliphatic rings. The van der Waals surface area contributed by atoms with Crippen LogP contribution in [0.5, 0.6) is 0 Å². The molecule has 0 fully saturated rings. The molecule has 19 heavy (non-hydrogen) atoms. The molecule has 5 heteroatoms. The van der Waals surface area contributed by atoms with E-state index in [0.29, 0.717) is 6.54 Å². The zero-order valence-electron chi connectivity index (χ0n) is 11.1. The Balaban J connectivity index is 1.76. The molecule has 100 valence electrons. The number of nitrogens with zero attached hydrogens (tertiary/aromatic N) is 1. The van der Waals surface area contributed by atoms with E-state index in [1.807, 2.05) is 43.5 Å². The van der Waals surface area contributed by atoms with E-state index in [2.05, 4.69) is 15.6 Å². The Morgan fingerprint density at radius 1 is 1.37 bits per heavy atom. The number of nitrogens with one attached hydrogen (secondary N) is 2. The van der Waals surface area contributed by atoms with Crippen LogP contribution in [0.4, 0.5) is 5.69 Å². The maximum absolute atomic E-state index is 11.7. The Bertz CT molecular complexity index is 565. The lowest BCUT2D eigenvalue weighted by Crippen LogP contribution is -2.27. The Hall–Kier alpha value is -1.72. The van der Waals surface area contributed by atoms with E-state index in [1.165, 1.54) is 0 Å². The van der Waals surface area contributed by atoms with Crippen molar-refractivity contribution >= 4 is 22.9 Å². The van der Waals surface area contributed by atoms with Crippen molar-refractivity contribution in [1.29, 1.82) is 0 Å². The van der Waals surface area contributed by atoms with Crippen molar-refractivity contribution in [2.75, 3.05) is 11.9 Å². The molecule has 1 aromatic carbocycles. The predicted molar refractivity (Wildman–Crippen MR) is 78.4 cm³/mol. The molecule has 0 aliphatic heterocycles. The molecule has 4 nitrogen and oxygen atoms in total. The van der Waals surface area contributed by atoms with E-state index >= 15 is 0 Å². The zero-order valence-corrected chi connectivity index (χ0v) is 11.9. The highest BCUT2D eigenvalue weighted by Crippen LogP contribution is 2.09. The average molecular weight is 275 g/mol. The van der Waals surface area contributed by atoms with E-state index < -0.39 is 0 Å². The first-order valence-electron chi connectivity index (χ1n) is 6.12. The highest BCUT2D eigenvalue weighted by Gasteiger charge is 2.03. The van der Waals surface area contributed by atoms with Gasteiger partial charge in [0.1, 0.15) is 5.01 Å². The van der Waals surface area contributed by atoms with Crippen molar-refractivity contribution in [3.05, 3.63) is 45.9 Å². The van der Waals surface area contributed by atoms with Crippen molar-refractivity contribution in [2.45, 2.75) is 20.4 Å². The number of hydrogen-bond acceptors (Lipinski definition) is 4. The lowest BCUT2D eigenvalue weighted by Gasteiger charge is -2.06. The second-order valence-electron chi connectivity index (χ2n) is 4.40. The van der Waals surface area contributed by atoms with Crippen LogP contribution in [0.2, 0.25) is 0 Å². The van der Waals surface area contributed by atoms with Gasteiger partial charge in [0.2, 0.25) is 5.91 Å². The van der Waals surface area contributed by atoms with Gasteiger partial charge in [-0.1, -0.05) is 12.1 Å². The van der Waals surface area contributed by atoms with Gasteiger partial charge >= 0.3 is 0 Å². The fraction of sp³-hybridized carbons (Fsp3) is 0.286. The second kappa shape index (κ2) is 6.45. The summed E-state index contributed by atoms with van der Waals surface area (Å²) in [6, 6.07) is 7.76. The lowest BCUT2D eigenvalue weighted by molar-refractivity contribution is -0.115. The second-order valence-corrected chi connectivity index (χ2v) is 5.35. The maximum Gasteiger partial charge on any atom is 0.238 e. The number of thiazole rings is 1. The van der Waals surface area contributed by atoms with Crippen LogP contribution in [0, 0.1) is 13.8 Å². The third-order valence-electron chi connectivity index (χ3n) is 2.53. The number of carbonyl (C=O) groups is 1. The minimum Gasteiger partial charge on any atom is -0.325 e. The molecule has 0 saturated carbocycles. The Morgan fingerprint density at radius 3 is 2.89 bits per heavy atom. The topological polar surface area (TPSA) is 54.0 Å². The number of carbonyl (C=O) groups excluding carboxylic acids is 1. The monoisotopic (exact) mass is 275 g/mol. The van der Waals surface area contributed by atoms with Crippen molar-refractivity contribution in [1.82, 2.24) is 10.3 Å². The molecule has 2 N–H and O–H groups in total. The van der Waals surface area contributed by atoms with Gasteiger partial charge in [-0.3, -0.25) is 4.79 Å². The van der Waals surface area contributed by atoms with E-state index in [1.54, 1.807) is 11.3 Å². The van der Waals surface area contributed by atoms with Crippen LogP contribution in [-0.2, 0) is 11.3 Å². The van der Waals surface area contributed by atoms with Gasteiger partial charge in [0, 0.05) is 23.3 Å². The Labute approximate surface area is 116 Å². The minimum atomic E-state index is -0.0427. The smallest absolute Gasteiger partial charge is 0.238 e. The number of anilines is 1. The molecule has 0 radical (unpaired) electrons. The van der Waals surface area contributed by atoms with Gasteiger partial charge in [-0.2, -0.15) is 0 Å². The van der Waals surface area contributed by atoms with Crippen LogP contribution in [0.15, 0.2) is 29.6 Å². The molecule has 0 atom stereocenters. The van der Waals surface area contributed by atoms with Crippen LogP contribution in [-0.4, -0.2) is 17.4 Å². The van der Waals surface area contributed by atoms with Gasteiger partial charge in [-0.15, -0.1) is 11.3 Å². The summed E-state index contributed by atoms with van der Waals surface area (Å²) in [6.45, 7) is 4.87. The Morgan fingerprint density at radius 2 is 2.21 bits per heavy atom. The van der Waals surface area contributed by atoms with E-state index in [4.69, 9.17) is 0 Å². The maximum atomic E-state index is 11.7. The predicted octanol–water partition coefficient (Wildman–Crippen LogP) is 2.49. The van der Waals surface area contributed by atoms with Crippen molar-refractivity contribution < 1.29 is 4.79 Å². The van der Waals surface area contributed by atoms with Gasteiger partial charge in [-0.25, -0.2) is 4.98 Å². The largest absolute Gasteiger partial charge is 0.325 e. The first-order chi connectivity index (χ1) is 9.13. The quantitative estimate of drug-likeness (QED) is 0.881. The SMILES string of the molecule is Cc1cccc(NC(=O)CNCc2nc(C)cs2)c1. The molecule has 1 amide bonds. The van der Waals surface area contributed by atoms with Crippen molar-refractivity contribution in [3.8, 4) is 0 Å². The van der Waals surface area contributed by atoms with Crippen LogP contribution in [0.25, 0.3) is 0 Å². The van der Waals surface area contributed by atoms with Gasteiger partial charge in [0.05, 0.1) is 6.54 Å². The fourth-order valence-corrected chi connectivity index (χ4v) is 2.44. The molecule has 2 aromatic rings. The summed E-state index contributed by atoms with van der Waals surface area (Å²) in [7, 11) is 0. The summed E-state index contributed by atoms with van der Waals surface area (Å²) in [4.78, 5) is 16.1. The third-order valence-corrected chi connectivity index (χ3v) is 3.50. The normalized spacial score (nSPS) is 10.4. The highest BCUT2D eigenvalue weighted by atomic mass is 32.1. The summed E-state index contributed by atoms with van der Waals surface area (Å²) >= 11 is 1.60. The minimum absolute atomic E-state index is 0.0427. The molecule has 0 bridgehead atoms. The molecule has 1 heterocycles. The molecule has 0 unspecified atom stereocenters. The molecule has 0 spiro atoms. The number of rotatable bonds is 5. The molecule has 0 aliphatic carbocycles. The van der Waals surface area contributed by atoms with Crippen LogP contribution in [0.1, 0.15) is 16.3 Å². The third kappa shape index (κ3) is 4.46. The van der Waals surface area contributed by atoms with Crippen LogP contribution >= 0.6 is 11.3 Å². The van der Waals surface area contributed by atoms with Crippen LogP contribution < -0.4 is 10.6 Å². The molecular formula is C14H17N3OS. The lowest BCUT2D eigenvalue weighted by atomic mass is 10.2. The standard InChI is InChI=1S/C14H17N3OS/c1-10-4-3-5-12(6-10)17-13(18)7-15-8-14-16-11(2)9-19-14/h3-6,9,15H,7-8H2,1-2H3,(H,17,18). The zero-order chi connectivity index (χ0) is 13.7. The van der Waals surface area contributed by atoms with Crippen LogP contribution in [0.3, 0.4) is 0 Å². The number of aromatic nitrogens is 1. The summed E-state index contributed by atoms with van der Waals surface area (Å²) in [6.07, 6.45) is 0. The Kier molecular flexibility index (Phi) is 4.65. The summed E-state index contributed by atoms with van der Waals surface area (Å²) in [5.41, 5.74) is 2.98. The van der Waals surface area contributed by atoms with Gasteiger partial charge in [0.25, 0.3) is 0 Å². The van der Waals surface area contributed by atoms with E-state index in [9.17, 15) is 4.79 Å². The molecule has 1 aromatic heterocycles. The first-order valence-corrected chi connectivity index (χ1v) is 7.00. The summed E-state index contributed by atoms with van der Waals surface area (Å²) in [5, 5.41) is 8.95. The summed E-state index contributed by atoms with van der Waals surface area (Å²) < 4.78 is 0. The van der Waals surface area contributed by atoms with Gasteiger partial charge < -0.3 is 10.6 Å². The molecule has 0 saturated heterocycles. The van der Waals surface area contributed by atoms with Crippen molar-refractivity contribution in [3.63, 3.8) is 0 Å². The van der Waals surface area contributed by atoms with E-state index in [0.717, 1.165) is 22.0 Å². The van der Waals surface area contributed by atoms with E-state index in [-0.39, 0.29) is 12.5 Å². The van der Waals surface area contributed by atoms with Gasteiger partial charge in [-0.05, 0) is 31.5 Å². The van der Waals surface area contributed by atoms with Gasteiger partial charge in [0.15, 0.2) is 0 Å². The fourth-order valence-electron chi connectivity index (χ4n) is 1.69. The van der Waals surface area contributed by atoms with Crippen molar-refractivity contribution in [2.24, 2.45) is 0 Å². The number of aryl methyl sites for hydroxylation is 2. The number of benzene rings is 1. The number of amides is 1. The molecule has 2 rings (SSSR count). The molecular weight excluding hydrogens is 258 g/mol.